The average molecular weight is 298 g/mol. The van der Waals surface area contributed by atoms with Crippen molar-refractivity contribution in [1.82, 2.24) is 14.9 Å². The van der Waals surface area contributed by atoms with Gasteiger partial charge in [0.05, 0.1) is 16.4 Å². The molecule has 0 bridgehead atoms. The van der Waals surface area contributed by atoms with Crippen molar-refractivity contribution in [2.45, 2.75) is 32.2 Å². The summed E-state index contributed by atoms with van der Waals surface area (Å²) in [6, 6.07) is 3.81. The molecule has 1 heterocycles. The quantitative estimate of drug-likeness (QED) is 0.881. The van der Waals surface area contributed by atoms with E-state index in [1.165, 1.54) is 12.1 Å². The van der Waals surface area contributed by atoms with Crippen LogP contribution < -0.4 is 5.32 Å². The third kappa shape index (κ3) is 2.63. The number of fused-ring (bicyclic) bond motifs is 1. The van der Waals surface area contributed by atoms with Gasteiger partial charge in [0.25, 0.3) is 0 Å². The molecule has 0 aliphatic rings. The lowest BCUT2D eigenvalue weighted by Crippen LogP contribution is -2.31. The van der Waals surface area contributed by atoms with Crippen LogP contribution in [0, 0.1) is 5.82 Å². The molecule has 1 aromatic carbocycles. The van der Waals surface area contributed by atoms with Crippen LogP contribution in [0.4, 0.5) is 4.39 Å². The molecular weight excluding hydrogens is 281 g/mol. The Kier molecular flexibility index (Phi) is 4.28. The molecular formula is C14H17ClFN3O. The van der Waals surface area contributed by atoms with Gasteiger partial charge in [-0.05, 0) is 39.0 Å². The van der Waals surface area contributed by atoms with Crippen LogP contribution in [0.1, 0.15) is 38.0 Å². The third-order valence-electron chi connectivity index (χ3n) is 3.15. The summed E-state index contributed by atoms with van der Waals surface area (Å²) < 4.78 is 15.2. The van der Waals surface area contributed by atoms with Crippen LogP contribution in [0.15, 0.2) is 18.2 Å². The molecule has 1 N–H and O–H groups in total. The number of amides is 1. The molecule has 4 nitrogen and oxygen atoms in total. The molecule has 2 atom stereocenters. The predicted molar refractivity (Wildman–Crippen MR) is 77.4 cm³/mol. The Morgan fingerprint density at radius 1 is 1.50 bits per heavy atom. The van der Waals surface area contributed by atoms with Crippen LogP contribution in [-0.2, 0) is 4.79 Å². The minimum atomic E-state index is -0.502. The zero-order valence-corrected chi connectivity index (χ0v) is 12.4. The predicted octanol–water partition coefficient (Wildman–Crippen LogP) is 3.17. The molecule has 2 aromatic rings. The Bertz CT molecular complexity index is 639. The van der Waals surface area contributed by atoms with Gasteiger partial charge >= 0.3 is 0 Å². The Labute approximate surface area is 121 Å². The summed E-state index contributed by atoms with van der Waals surface area (Å²) in [6.07, 6.45) is 0. The maximum atomic E-state index is 13.5. The third-order valence-corrected chi connectivity index (χ3v) is 3.35. The molecule has 1 amide bonds. The normalized spacial score (nSPS) is 14.2. The molecule has 0 saturated heterocycles. The van der Waals surface area contributed by atoms with Gasteiger partial charge in [-0.25, -0.2) is 9.37 Å². The van der Waals surface area contributed by atoms with E-state index >= 15 is 0 Å². The van der Waals surface area contributed by atoms with Gasteiger partial charge in [-0.2, -0.15) is 0 Å². The topological polar surface area (TPSA) is 46.9 Å². The standard InChI is InChI=1S/C14H17ClFN3O/c1-4-17-14(20)9(3)19-12-7-10(16)5-6-11(12)18-13(19)8(2)15/h5-9H,4H2,1-3H3,(H,17,20). The van der Waals surface area contributed by atoms with Gasteiger partial charge in [-0.1, -0.05) is 0 Å². The summed E-state index contributed by atoms with van der Waals surface area (Å²) >= 11 is 6.14. The second-order valence-corrected chi connectivity index (χ2v) is 5.31. The van der Waals surface area contributed by atoms with Gasteiger partial charge in [0.2, 0.25) is 5.91 Å². The Morgan fingerprint density at radius 3 is 2.80 bits per heavy atom. The van der Waals surface area contributed by atoms with Crippen LogP contribution in [-0.4, -0.2) is 22.0 Å². The molecule has 0 spiro atoms. The molecule has 0 radical (unpaired) electrons. The molecule has 6 heteroatoms. The minimum absolute atomic E-state index is 0.144. The van der Waals surface area contributed by atoms with Crippen molar-refractivity contribution < 1.29 is 9.18 Å². The first-order chi connectivity index (χ1) is 9.45. The summed E-state index contributed by atoms with van der Waals surface area (Å²) in [7, 11) is 0. The van der Waals surface area contributed by atoms with Gasteiger partial charge in [-0.15, -0.1) is 11.6 Å². The number of imidazole rings is 1. The smallest absolute Gasteiger partial charge is 0.242 e. The molecule has 0 fully saturated rings. The maximum Gasteiger partial charge on any atom is 0.242 e. The van der Waals surface area contributed by atoms with E-state index in [1.54, 1.807) is 24.5 Å². The number of rotatable bonds is 4. The van der Waals surface area contributed by atoms with Crippen LogP contribution in [0.3, 0.4) is 0 Å². The monoisotopic (exact) mass is 297 g/mol. The molecule has 2 rings (SSSR count). The Hall–Kier alpha value is -1.62. The molecule has 0 aliphatic carbocycles. The van der Waals surface area contributed by atoms with Gasteiger partial charge in [0.1, 0.15) is 17.7 Å². The number of carbonyl (C=O) groups is 1. The van der Waals surface area contributed by atoms with E-state index < -0.39 is 6.04 Å². The zero-order chi connectivity index (χ0) is 14.9. The molecule has 2 unspecified atom stereocenters. The van der Waals surface area contributed by atoms with Crippen LogP contribution in [0.5, 0.6) is 0 Å². The highest BCUT2D eigenvalue weighted by Gasteiger charge is 2.23. The van der Waals surface area contributed by atoms with Crippen LogP contribution in [0.25, 0.3) is 11.0 Å². The minimum Gasteiger partial charge on any atom is -0.355 e. The molecule has 108 valence electrons. The fourth-order valence-corrected chi connectivity index (χ4v) is 2.37. The van der Waals surface area contributed by atoms with Crippen molar-refractivity contribution in [2.75, 3.05) is 6.54 Å². The lowest BCUT2D eigenvalue weighted by molar-refractivity contribution is -0.123. The number of carbonyl (C=O) groups excluding carboxylic acids is 1. The van der Waals surface area contributed by atoms with Gasteiger partial charge < -0.3 is 9.88 Å². The molecule has 0 saturated carbocycles. The van der Waals surface area contributed by atoms with Gasteiger partial charge in [-0.3, -0.25) is 4.79 Å². The van der Waals surface area contributed by atoms with Crippen molar-refractivity contribution in [3.63, 3.8) is 0 Å². The lowest BCUT2D eigenvalue weighted by Gasteiger charge is -2.17. The summed E-state index contributed by atoms with van der Waals surface area (Å²) in [4.78, 5) is 16.4. The number of likely N-dealkylation sites (N-methyl/N-ethyl adjacent to an activating group) is 1. The first kappa shape index (κ1) is 14.8. The molecule has 20 heavy (non-hydrogen) atoms. The van der Waals surface area contributed by atoms with Crippen molar-refractivity contribution in [2.24, 2.45) is 0 Å². The number of halogens is 2. The summed E-state index contributed by atoms with van der Waals surface area (Å²) in [5.74, 6) is 0.0520. The summed E-state index contributed by atoms with van der Waals surface area (Å²) in [6.45, 7) is 5.91. The highest BCUT2D eigenvalue weighted by molar-refractivity contribution is 6.20. The fraction of sp³-hybridized carbons (Fsp3) is 0.429. The highest BCUT2D eigenvalue weighted by Crippen LogP contribution is 2.28. The summed E-state index contributed by atoms with van der Waals surface area (Å²) in [5, 5.41) is 2.38. The van der Waals surface area contributed by atoms with E-state index in [4.69, 9.17) is 11.6 Å². The van der Waals surface area contributed by atoms with E-state index in [1.807, 2.05) is 6.92 Å². The number of hydrogen-bond donors (Lipinski definition) is 1. The van der Waals surface area contributed by atoms with E-state index in [0.717, 1.165) is 0 Å². The fourth-order valence-electron chi connectivity index (χ4n) is 2.21. The van der Waals surface area contributed by atoms with Gasteiger partial charge in [0, 0.05) is 6.54 Å². The number of nitrogens with one attached hydrogen (secondary N) is 1. The number of aromatic nitrogens is 2. The van der Waals surface area contributed by atoms with Crippen molar-refractivity contribution in [3.05, 3.63) is 29.8 Å². The highest BCUT2D eigenvalue weighted by atomic mass is 35.5. The first-order valence-electron chi connectivity index (χ1n) is 6.54. The van der Waals surface area contributed by atoms with E-state index in [2.05, 4.69) is 10.3 Å². The first-order valence-corrected chi connectivity index (χ1v) is 6.98. The second kappa shape index (κ2) is 5.79. The molecule has 1 aromatic heterocycles. The maximum absolute atomic E-state index is 13.5. The Morgan fingerprint density at radius 2 is 2.20 bits per heavy atom. The number of hydrogen-bond acceptors (Lipinski definition) is 2. The largest absolute Gasteiger partial charge is 0.355 e. The van der Waals surface area contributed by atoms with Crippen LogP contribution >= 0.6 is 11.6 Å². The van der Waals surface area contributed by atoms with E-state index in [0.29, 0.717) is 23.4 Å². The zero-order valence-electron chi connectivity index (χ0n) is 11.7. The van der Waals surface area contributed by atoms with Crippen molar-refractivity contribution >= 4 is 28.5 Å². The second-order valence-electron chi connectivity index (χ2n) is 4.66. The average Bonchev–Trinajstić information content (AvgIpc) is 2.76. The van der Waals surface area contributed by atoms with E-state index in [-0.39, 0.29) is 17.1 Å². The Balaban J connectivity index is 2.61. The number of nitrogens with zero attached hydrogens (tertiary/aromatic N) is 2. The summed E-state index contributed by atoms with van der Waals surface area (Å²) in [5.41, 5.74) is 1.20. The van der Waals surface area contributed by atoms with Crippen molar-refractivity contribution in [1.29, 1.82) is 0 Å². The van der Waals surface area contributed by atoms with Gasteiger partial charge in [0.15, 0.2) is 0 Å². The SMILES string of the molecule is CCNC(=O)C(C)n1c(C(C)Cl)nc2ccc(F)cc21. The molecule has 0 aliphatic heterocycles. The van der Waals surface area contributed by atoms with Crippen molar-refractivity contribution in [3.8, 4) is 0 Å². The lowest BCUT2D eigenvalue weighted by atomic mass is 10.2. The number of alkyl halides is 1. The number of benzene rings is 1. The van der Waals surface area contributed by atoms with Crippen LogP contribution in [0.2, 0.25) is 0 Å². The van der Waals surface area contributed by atoms with E-state index in [9.17, 15) is 9.18 Å².